The molecular weight excluding hydrogens is 388 g/mol. The van der Waals surface area contributed by atoms with E-state index in [0.717, 1.165) is 11.3 Å². The number of carbonyl (C=O) groups excluding carboxylic acids is 1. The Kier molecular flexibility index (Phi) is 6.54. The van der Waals surface area contributed by atoms with Crippen LogP contribution in [-0.4, -0.2) is 45.8 Å². The Bertz CT molecular complexity index is 983. The molecule has 1 aromatic heterocycles. The highest BCUT2D eigenvalue weighted by Gasteiger charge is 2.20. The lowest BCUT2D eigenvalue weighted by atomic mass is 10.0. The van der Waals surface area contributed by atoms with Crippen LogP contribution in [0.1, 0.15) is 41.8 Å². The van der Waals surface area contributed by atoms with Gasteiger partial charge in [-0.2, -0.15) is 0 Å². The van der Waals surface area contributed by atoms with Gasteiger partial charge in [0.15, 0.2) is 0 Å². The van der Waals surface area contributed by atoms with E-state index < -0.39 is 0 Å². The normalized spacial score (nSPS) is 11.0. The number of nitrogens with zero attached hydrogens (tertiary/aromatic N) is 4. The van der Waals surface area contributed by atoms with Crippen molar-refractivity contribution >= 4 is 17.5 Å². The first-order chi connectivity index (χ1) is 13.9. The molecule has 152 valence electrons. The summed E-state index contributed by atoms with van der Waals surface area (Å²) in [5.41, 5.74) is 2.10. The van der Waals surface area contributed by atoms with E-state index >= 15 is 0 Å². The van der Waals surface area contributed by atoms with E-state index in [1.54, 1.807) is 40.9 Å². The van der Waals surface area contributed by atoms with Crippen molar-refractivity contribution in [2.45, 2.75) is 26.7 Å². The molecule has 6 nitrogen and oxygen atoms in total. The molecule has 3 aromatic rings. The largest absolute Gasteiger partial charge is 0.492 e. The molecule has 0 aliphatic rings. The van der Waals surface area contributed by atoms with Gasteiger partial charge in [0.1, 0.15) is 18.2 Å². The molecule has 2 aromatic carbocycles. The topological polar surface area (TPSA) is 60.3 Å². The molecule has 29 heavy (non-hydrogen) atoms. The van der Waals surface area contributed by atoms with E-state index in [2.05, 4.69) is 30.0 Å². The Hall–Kier alpha value is -2.86. The minimum absolute atomic E-state index is 0.176. The lowest BCUT2D eigenvalue weighted by molar-refractivity contribution is 0.0762. The second-order valence-corrected chi connectivity index (χ2v) is 7.57. The Labute approximate surface area is 176 Å². The number of benzene rings is 2. The molecule has 0 atom stereocenters. The molecule has 1 amide bonds. The van der Waals surface area contributed by atoms with Crippen LogP contribution in [-0.2, 0) is 0 Å². The average Bonchev–Trinajstić information content (AvgIpc) is 3.10. The molecule has 3 rings (SSSR count). The second-order valence-electron chi connectivity index (χ2n) is 7.14. The van der Waals surface area contributed by atoms with Gasteiger partial charge in [-0.1, -0.05) is 43.6 Å². The zero-order valence-electron chi connectivity index (χ0n) is 17.1. The zero-order chi connectivity index (χ0) is 21.0. The number of aryl methyl sites for hydroxylation is 1. The SMILES string of the molecule is Cc1nc(C(=O)N(C)CCOc2ccc(Cl)cc2)nn1-c1ccccc1C(C)C. The van der Waals surface area contributed by atoms with Crippen molar-refractivity contribution in [1.82, 2.24) is 19.7 Å². The molecule has 0 saturated heterocycles. The number of likely N-dealkylation sites (N-methyl/N-ethyl adjacent to an activating group) is 1. The number of halogens is 1. The standard InChI is InChI=1S/C22H25ClN4O2/c1-15(2)19-7-5-6-8-20(19)27-16(3)24-21(25-27)22(28)26(4)13-14-29-18-11-9-17(23)10-12-18/h5-12,15H,13-14H2,1-4H3. The number of hydrogen-bond donors (Lipinski definition) is 0. The fourth-order valence-electron chi connectivity index (χ4n) is 2.98. The maximum atomic E-state index is 12.8. The van der Waals surface area contributed by atoms with Crippen LogP contribution in [0.3, 0.4) is 0 Å². The molecule has 0 N–H and O–H groups in total. The summed E-state index contributed by atoms with van der Waals surface area (Å²) < 4.78 is 7.40. The third-order valence-corrected chi connectivity index (χ3v) is 4.85. The zero-order valence-corrected chi connectivity index (χ0v) is 17.8. The number of amides is 1. The van der Waals surface area contributed by atoms with E-state index in [9.17, 15) is 4.79 Å². The van der Waals surface area contributed by atoms with Gasteiger partial charge in [0.25, 0.3) is 5.91 Å². The van der Waals surface area contributed by atoms with E-state index in [1.807, 2.05) is 25.1 Å². The molecule has 1 heterocycles. The summed E-state index contributed by atoms with van der Waals surface area (Å²) in [6, 6.07) is 15.2. The molecule has 0 fully saturated rings. The highest BCUT2D eigenvalue weighted by Crippen LogP contribution is 2.23. The van der Waals surface area contributed by atoms with Gasteiger partial charge in [0.05, 0.1) is 12.2 Å². The molecule has 0 aliphatic carbocycles. The van der Waals surface area contributed by atoms with Gasteiger partial charge in [-0.3, -0.25) is 4.79 Å². The number of hydrogen-bond acceptors (Lipinski definition) is 4. The monoisotopic (exact) mass is 412 g/mol. The maximum Gasteiger partial charge on any atom is 0.293 e. The molecule has 7 heteroatoms. The van der Waals surface area contributed by atoms with Gasteiger partial charge in [0, 0.05) is 12.1 Å². The quantitative estimate of drug-likeness (QED) is 0.573. The highest BCUT2D eigenvalue weighted by atomic mass is 35.5. The minimum Gasteiger partial charge on any atom is -0.492 e. The predicted octanol–water partition coefficient (Wildman–Crippen LogP) is 4.50. The third-order valence-electron chi connectivity index (χ3n) is 4.60. The Morgan fingerprint density at radius 1 is 1.17 bits per heavy atom. The summed E-state index contributed by atoms with van der Waals surface area (Å²) in [5.74, 6) is 1.65. The average molecular weight is 413 g/mol. The van der Waals surface area contributed by atoms with Crippen LogP contribution in [0.2, 0.25) is 5.02 Å². The molecule has 0 saturated carbocycles. The van der Waals surface area contributed by atoms with E-state index in [4.69, 9.17) is 16.3 Å². The van der Waals surface area contributed by atoms with E-state index in [-0.39, 0.29) is 11.7 Å². The van der Waals surface area contributed by atoms with Gasteiger partial charge in [-0.15, -0.1) is 5.10 Å². The van der Waals surface area contributed by atoms with Crippen LogP contribution >= 0.6 is 11.6 Å². The summed E-state index contributed by atoms with van der Waals surface area (Å²) in [6.07, 6.45) is 0. The van der Waals surface area contributed by atoms with Gasteiger partial charge in [0.2, 0.25) is 5.82 Å². The molecule has 0 bridgehead atoms. The first-order valence-electron chi connectivity index (χ1n) is 9.53. The Morgan fingerprint density at radius 2 is 1.86 bits per heavy atom. The smallest absolute Gasteiger partial charge is 0.293 e. The van der Waals surface area contributed by atoms with Crippen molar-refractivity contribution < 1.29 is 9.53 Å². The Morgan fingerprint density at radius 3 is 2.55 bits per heavy atom. The van der Waals surface area contributed by atoms with Crippen LogP contribution in [0, 0.1) is 6.92 Å². The lowest BCUT2D eigenvalue weighted by Gasteiger charge is -2.16. The Balaban J connectivity index is 1.68. The van der Waals surface area contributed by atoms with Crippen molar-refractivity contribution in [2.24, 2.45) is 0 Å². The van der Waals surface area contributed by atoms with Crippen LogP contribution in [0.5, 0.6) is 5.75 Å². The fourth-order valence-corrected chi connectivity index (χ4v) is 3.11. The maximum absolute atomic E-state index is 12.8. The van der Waals surface area contributed by atoms with Gasteiger partial charge in [-0.05, 0) is 48.7 Å². The number of aromatic nitrogens is 3. The molecule has 0 spiro atoms. The van der Waals surface area contributed by atoms with Crippen molar-refractivity contribution in [1.29, 1.82) is 0 Å². The number of carbonyl (C=O) groups is 1. The number of ether oxygens (including phenoxy) is 1. The van der Waals surface area contributed by atoms with Crippen LogP contribution in [0.25, 0.3) is 5.69 Å². The molecular formula is C22H25ClN4O2. The van der Waals surface area contributed by atoms with E-state index in [0.29, 0.717) is 35.7 Å². The first kappa shape index (κ1) is 20.9. The van der Waals surface area contributed by atoms with Crippen molar-refractivity contribution in [3.05, 3.63) is 70.8 Å². The first-order valence-corrected chi connectivity index (χ1v) is 9.91. The van der Waals surface area contributed by atoms with Crippen LogP contribution in [0.4, 0.5) is 0 Å². The summed E-state index contributed by atoms with van der Waals surface area (Å²) in [7, 11) is 1.71. The number of para-hydroxylation sites is 1. The van der Waals surface area contributed by atoms with Gasteiger partial charge < -0.3 is 9.64 Å². The van der Waals surface area contributed by atoms with Crippen molar-refractivity contribution in [2.75, 3.05) is 20.2 Å². The summed E-state index contributed by atoms with van der Waals surface area (Å²) in [4.78, 5) is 18.7. The van der Waals surface area contributed by atoms with Crippen molar-refractivity contribution in [3.63, 3.8) is 0 Å². The lowest BCUT2D eigenvalue weighted by Crippen LogP contribution is -2.31. The van der Waals surface area contributed by atoms with Gasteiger partial charge >= 0.3 is 0 Å². The predicted molar refractivity (Wildman–Crippen MR) is 114 cm³/mol. The second kappa shape index (κ2) is 9.09. The van der Waals surface area contributed by atoms with Crippen LogP contribution < -0.4 is 4.74 Å². The fraction of sp³-hybridized carbons (Fsp3) is 0.318. The summed E-state index contributed by atoms with van der Waals surface area (Å²) in [6.45, 7) is 6.89. The van der Waals surface area contributed by atoms with Gasteiger partial charge in [-0.25, -0.2) is 9.67 Å². The third kappa shape index (κ3) is 4.95. The highest BCUT2D eigenvalue weighted by molar-refractivity contribution is 6.30. The van der Waals surface area contributed by atoms with Crippen molar-refractivity contribution in [3.8, 4) is 11.4 Å². The summed E-state index contributed by atoms with van der Waals surface area (Å²) >= 11 is 5.87. The van der Waals surface area contributed by atoms with Crippen LogP contribution in [0.15, 0.2) is 48.5 Å². The molecule has 0 unspecified atom stereocenters. The molecule has 0 aliphatic heterocycles. The van der Waals surface area contributed by atoms with E-state index in [1.165, 1.54) is 0 Å². The summed E-state index contributed by atoms with van der Waals surface area (Å²) in [5, 5.41) is 5.13. The molecule has 0 radical (unpaired) electrons. The number of rotatable bonds is 7. The minimum atomic E-state index is -0.242.